The summed E-state index contributed by atoms with van der Waals surface area (Å²) < 4.78 is 0.894. The highest BCUT2D eigenvalue weighted by molar-refractivity contribution is 9.10. The fraction of sp³-hybridized carbons (Fsp3) is 0.292. The van der Waals surface area contributed by atoms with Crippen LogP contribution in [-0.2, 0) is 5.16 Å². The Hall–Kier alpha value is -1.50. The molecule has 0 radical (unpaired) electrons. The molecule has 138 valence electrons. The van der Waals surface area contributed by atoms with E-state index in [9.17, 15) is 0 Å². The Kier molecular flexibility index (Phi) is 4.99. The highest BCUT2D eigenvalue weighted by Gasteiger charge is 2.51. The second kappa shape index (κ2) is 7.15. The molecule has 3 heteroatoms. The summed E-state index contributed by atoms with van der Waals surface area (Å²) in [6.45, 7) is 9.33. The summed E-state index contributed by atoms with van der Waals surface area (Å²) in [6, 6.07) is 17.3. The number of aromatic nitrogens is 1. The lowest BCUT2D eigenvalue weighted by Gasteiger charge is -2.43. The third-order valence-electron chi connectivity index (χ3n) is 6.24. The van der Waals surface area contributed by atoms with Gasteiger partial charge in [-0.05, 0) is 90.9 Å². The molecule has 0 spiro atoms. The molecular weight excluding hydrogens is 413 g/mol. The lowest BCUT2D eigenvalue weighted by molar-refractivity contribution is 0.685. The van der Waals surface area contributed by atoms with E-state index in [2.05, 4.69) is 97.1 Å². The van der Waals surface area contributed by atoms with Crippen LogP contribution < -0.4 is 0 Å². The van der Waals surface area contributed by atoms with Crippen LogP contribution in [0.25, 0.3) is 6.08 Å². The van der Waals surface area contributed by atoms with Gasteiger partial charge in [0.25, 0.3) is 0 Å². The van der Waals surface area contributed by atoms with E-state index in [1.54, 1.807) is 16.7 Å². The molecule has 1 aromatic carbocycles. The van der Waals surface area contributed by atoms with Crippen LogP contribution in [0.15, 0.2) is 80.7 Å². The maximum atomic E-state index is 4.68. The van der Waals surface area contributed by atoms with Crippen LogP contribution in [0.2, 0.25) is 0 Å². The van der Waals surface area contributed by atoms with Crippen molar-refractivity contribution in [2.24, 2.45) is 0 Å². The Morgan fingerprint density at radius 1 is 0.963 bits per heavy atom. The summed E-state index contributed by atoms with van der Waals surface area (Å²) in [6.07, 6.45) is 4.67. The summed E-state index contributed by atoms with van der Waals surface area (Å²) in [5, 5.41) is 1.66. The molecule has 2 atom stereocenters. The first-order valence-electron chi connectivity index (χ1n) is 9.44. The van der Waals surface area contributed by atoms with Crippen molar-refractivity contribution in [3.8, 4) is 0 Å². The lowest BCUT2D eigenvalue weighted by atomic mass is 9.82. The number of hydrogen-bond acceptors (Lipinski definition) is 1. The summed E-state index contributed by atoms with van der Waals surface area (Å²) in [5.74, 6) is 0. The van der Waals surface area contributed by atoms with Gasteiger partial charge < -0.3 is 0 Å². The molecule has 2 aliphatic rings. The Labute approximate surface area is 172 Å². The number of nitrogens with zero attached hydrogens (tertiary/aromatic N) is 1. The largest absolute Gasteiger partial charge is 0.242 e. The second-order valence-corrected chi connectivity index (χ2v) is 10.9. The Balaban J connectivity index is 1.92. The number of rotatable bonds is 2. The standard InChI is InChI=1S/C24H25BrNP/c1-16-14-24(20-9-6-5-7-10-20)19(4)18(3)22(27(24)15-17(16)2)13-21-11-8-12-23(25)26-21/h5-13H,14-15H2,1-4H3/b22-13+. The summed E-state index contributed by atoms with van der Waals surface area (Å²) >= 11 is 3.52. The maximum absolute atomic E-state index is 4.68. The van der Waals surface area contributed by atoms with E-state index in [0.29, 0.717) is 0 Å². The van der Waals surface area contributed by atoms with Gasteiger partial charge in [0.2, 0.25) is 0 Å². The van der Waals surface area contributed by atoms with Crippen molar-refractivity contribution in [2.75, 3.05) is 6.16 Å². The second-order valence-electron chi connectivity index (χ2n) is 7.71. The van der Waals surface area contributed by atoms with Crippen molar-refractivity contribution < 1.29 is 0 Å². The zero-order valence-corrected chi connectivity index (χ0v) is 18.9. The van der Waals surface area contributed by atoms with Crippen LogP contribution in [0.3, 0.4) is 0 Å². The predicted octanol–water partition coefficient (Wildman–Crippen LogP) is 7.65. The van der Waals surface area contributed by atoms with Crippen LogP contribution >= 0.6 is 23.9 Å². The Morgan fingerprint density at radius 2 is 1.70 bits per heavy atom. The van der Waals surface area contributed by atoms with Gasteiger partial charge in [-0.1, -0.05) is 61.0 Å². The number of fused-ring (bicyclic) bond motifs is 1. The van der Waals surface area contributed by atoms with Crippen LogP contribution in [0.4, 0.5) is 0 Å². The van der Waals surface area contributed by atoms with E-state index in [0.717, 1.165) is 16.7 Å². The third kappa shape index (κ3) is 3.08. The highest BCUT2D eigenvalue weighted by atomic mass is 79.9. The van der Waals surface area contributed by atoms with Crippen LogP contribution in [0, 0.1) is 0 Å². The highest BCUT2D eigenvalue weighted by Crippen LogP contribution is 2.76. The fourth-order valence-electron chi connectivity index (χ4n) is 4.49. The molecule has 2 unspecified atom stereocenters. The van der Waals surface area contributed by atoms with E-state index in [1.807, 2.05) is 6.07 Å². The summed E-state index contributed by atoms with van der Waals surface area (Å²) in [7, 11) is -0.348. The van der Waals surface area contributed by atoms with E-state index in [-0.39, 0.29) is 13.1 Å². The zero-order valence-electron chi connectivity index (χ0n) is 16.4. The first-order chi connectivity index (χ1) is 12.9. The zero-order chi connectivity index (χ0) is 19.2. The fourth-order valence-corrected chi connectivity index (χ4v) is 8.76. The molecule has 2 aliphatic heterocycles. The van der Waals surface area contributed by atoms with Gasteiger partial charge in [0, 0.05) is 5.16 Å². The molecule has 0 aliphatic carbocycles. The van der Waals surface area contributed by atoms with Gasteiger partial charge in [0.1, 0.15) is 4.60 Å². The summed E-state index contributed by atoms with van der Waals surface area (Å²) in [5.41, 5.74) is 8.67. The lowest BCUT2D eigenvalue weighted by Crippen LogP contribution is -2.28. The van der Waals surface area contributed by atoms with Gasteiger partial charge in [0.05, 0.1) is 5.69 Å². The maximum Gasteiger partial charge on any atom is 0.106 e. The molecule has 0 N–H and O–H groups in total. The predicted molar refractivity (Wildman–Crippen MR) is 121 cm³/mol. The van der Waals surface area contributed by atoms with Crippen LogP contribution in [0.5, 0.6) is 0 Å². The van der Waals surface area contributed by atoms with E-state index in [4.69, 9.17) is 0 Å². The quantitative estimate of drug-likeness (QED) is 0.267. The molecule has 27 heavy (non-hydrogen) atoms. The molecule has 2 aromatic rings. The van der Waals surface area contributed by atoms with Crippen molar-refractivity contribution in [3.05, 3.63) is 92.0 Å². The SMILES string of the molecule is CC1=C(C)CC2(c3ccccc3)C(C)=C(C)/C(=C\c3cccc(Br)n3)P2C1. The normalized spacial score (nSPS) is 26.7. The van der Waals surface area contributed by atoms with Gasteiger partial charge in [-0.3, -0.25) is 0 Å². The van der Waals surface area contributed by atoms with Crippen molar-refractivity contribution in [1.82, 2.24) is 4.98 Å². The van der Waals surface area contributed by atoms with Crippen LogP contribution in [0.1, 0.15) is 45.4 Å². The monoisotopic (exact) mass is 437 g/mol. The van der Waals surface area contributed by atoms with Gasteiger partial charge in [-0.2, -0.15) is 0 Å². The number of hydrogen-bond donors (Lipinski definition) is 0. The molecule has 3 heterocycles. The topological polar surface area (TPSA) is 12.9 Å². The summed E-state index contributed by atoms with van der Waals surface area (Å²) in [4.78, 5) is 4.68. The first kappa shape index (κ1) is 18.8. The minimum atomic E-state index is -0.348. The molecule has 0 saturated heterocycles. The van der Waals surface area contributed by atoms with E-state index >= 15 is 0 Å². The van der Waals surface area contributed by atoms with E-state index < -0.39 is 0 Å². The minimum Gasteiger partial charge on any atom is -0.242 e. The molecule has 4 rings (SSSR count). The van der Waals surface area contributed by atoms with Crippen molar-refractivity contribution in [1.29, 1.82) is 0 Å². The van der Waals surface area contributed by atoms with Crippen molar-refractivity contribution in [3.63, 3.8) is 0 Å². The third-order valence-corrected chi connectivity index (χ3v) is 10.2. The smallest absolute Gasteiger partial charge is 0.106 e. The minimum absolute atomic E-state index is 0.141. The molecule has 0 bridgehead atoms. The van der Waals surface area contributed by atoms with Gasteiger partial charge in [0.15, 0.2) is 0 Å². The van der Waals surface area contributed by atoms with Gasteiger partial charge >= 0.3 is 0 Å². The molecule has 1 aromatic heterocycles. The van der Waals surface area contributed by atoms with Crippen molar-refractivity contribution >= 4 is 29.9 Å². The van der Waals surface area contributed by atoms with Gasteiger partial charge in [-0.15, -0.1) is 0 Å². The number of pyridine rings is 1. The average Bonchev–Trinajstić information content (AvgIpc) is 2.86. The first-order valence-corrected chi connectivity index (χ1v) is 11.8. The van der Waals surface area contributed by atoms with Crippen LogP contribution in [-0.4, -0.2) is 11.1 Å². The number of allylic oxidation sites excluding steroid dienone is 5. The van der Waals surface area contributed by atoms with Crippen molar-refractivity contribution in [2.45, 2.75) is 39.3 Å². The Bertz CT molecular complexity index is 986. The van der Waals surface area contributed by atoms with Gasteiger partial charge in [-0.25, -0.2) is 4.98 Å². The Morgan fingerprint density at radius 3 is 2.41 bits per heavy atom. The van der Waals surface area contributed by atoms with E-state index in [1.165, 1.54) is 22.6 Å². The molecular formula is C24H25BrNP. The number of halogens is 1. The molecule has 1 nitrogen and oxygen atoms in total. The average molecular weight is 438 g/mol. The molecule has 0 amide bonds. The number of benzene rings is 1. The molecule has 0 saturated carbocycles. The molecule has 0 fully saturated rings.